The quantitative estimate of drug-likeness (QED) is 0.363. The second-order valence-corrected chi connectivity index (χ2v) is 9.52. The summed E-state index contributed by atoms with van der Waals surface area (Å²) < 4.78 is 23.6. The van der Waals surface area contributed by atoms with Crippen LogP contribution < -0.4 is 11.1 Å². The lowest BCUT2D eigenvalue weighted by Gasteiger charge is -2.42. The van der Waals surface area contributed by atoms with Crippen molar-refractivity contribution in [1.29, 1.82) is 0 Å². The van der Waals surface area contributed by atoms with Crippen LogP contribution in [0.5, 0.6) is 0 Å². The first-order valence-electron chi connectivity index (χ1n) is 11.0. The van der Waals surface area contributed by atoms with E-state index in [2.05, 4.69) is 5.32 Å². The van der Waals surface area contributed by atoms with E-state index < -0.39 is 35.9 Å². The summed E-state index contributed by atoms with van der Waals surface area (Å²) in [7, 11) is 1.60. The molecule has 1 aliphatic carbocycles. The molecule has 176 valence electrons. The molecule has 9 heteroatoms. The summed E-state index contributed by atoms with van der Waals surface area (Å²) >= 11 is 0. The Morgan fingerprint density at radius 3 is 2.58 bits per heavy atom. The fourth-order valence-electron chi connectivity index (χ4n) is 4.97. The predicted molar refractivity (Wildman–Crippen MR) is 112 cm³/mol. The number of methoxy groups -OCH3 is 1. The van der Waals surface area contributed by atoms with E-state index in [0.717, 1.165) is 12.0 Å². The number of carbonyl (C=O) groups excluding carboxylic acids is 2. The first kappa shape index (κ1) is 24.0. The lowest BCUT2D eigenvalue weighted by Crippen LogP contribution is -2.57. The van der Waals surface area contributed by atoms with Crippen molar-refractivity contribution in [2.75, 3.05) is 20.3 Å². The molecular formula is C22H36N2O7. The fourth-order valence-corrected chi connectivity index (χ4v) is 4.97. The summed E-state index contributed by atoms with van der Waals surface area (Å²) in [5.74, 6) is -0.864. The van der Waals surface area contributed by atoms with Gasteiger partial charge in [0.05, 0.1) is 25.2 Å². The SMILES string of the molecule is CO[C@H]1C([C@@]2(C)O[C@@H]2C/C=C(\C)CO)[C@]2(CC[C@H]1OC(=O)N[C@@H](C(N)=O)C(C)C)CO2. The van der Waals surface area contributed by atoms with Crippen LogP contribution in [0, 0.1) is 11.8 Å². The Labute approximate surface area is 183 Å². The molecule has 2 heterocycles. The molecule has 0 bridgehead atoms. The molecule has 31 heavy (non-hydrogen) atoms. The molecule has 9 nitrogen and oxygen atoms in total. The van der Waals surface area contributed by atoms with Crippen molar-refractivity contribution in [3.8, 4) is 0 Å². The van der Waals surface area contributed by atoms with Crippen molar-refractivity contribution in [2.45, 2.75) is 82.5 Å². The van der Waals surface area contributed by atoms with Crippen LogP contribution in [0.1, 0.15) is 47.0 Å². The van der Waals surface area contributed by atoms with Gasteiger partial charge in [0.1, 0.15) is 29.5 Å². The van der Waals surface area contributed by atoms with E-state index in [1.165, 1.54) is 0 Å². The van der Waals surface area contributed by atoms with Crippen LogP contribution in [0.3, 0.4) is 0 Å². The van der Waals surface area contributed by atoms with Gasteiger partial charge in [0.25, 0.3) is 0 Å². The Kier molecular flexibility index (Phi) is 7.00. The van der Waals surface area contributed by atoms with Crippen LogP contribution in [0.2, 0.25) is 0 Å². The number of primary amides is 1. The average molecular weight is 441 g/mol. The van der Waals surface area contributed by atoms with E-state index in [0.29, 0.717) is 19.4 Å². The Balaban J connectivity index is 1.71. The van der Waals surface area contributed by atoms with E-state index in [4.69, 9.17) is 24.7 Å². The summed E-state index contributed by atoms with van der Waals surface area (Å²) in [6.07, 6.45) is 2.38. The van der Waals surface area contributed by atoms with E-state index >= 15 is 0 Å². The van der Waals surface area contributed by atoms with E-state index in [1.807, 2.05) is 19.9 Å². The van der Waals surface area contributed by atoms with Crippen LogP contribution in [0.4, 0.5) is 4.79 Å². The van der Waals surface area contributed by atoms with Gasteiger partial charge in [0.2, 0.25) is 5.91 Å². The Morgan fingerprint density at radius 1 is 1.39 bits per heavy atom. The number of hydrogen-bond donors (Lipinski definition) is 3. The smallest absolute Gasteiger partial charge is 0.408 e. The van der Waals surface area contributed by atoms with Gasteiger partial charge in [-0.1, -0.05) is 25.5 Å². The second kappa shape index (κ2) is 9.05. The Hall–Kier alpha value is -1.68. The number of nitrogens with one attached hydrogen (secondary N) is 1. The van der Waals surface area contributed by atoms with Gasteiger partial charge in [0, 0.05) is 7.11 Å². The molecular weight excluding hydrogens is 404 g/mol. The molecule has 4 N–H and O–H groups in total. The molecule has 2 aliphatic heterocycles. The maximum absolute atomic E-state index is 12.5. The van der Waals surface area contributed by atoms with Crippen LogP contribution in [0.25, 0.3) is 0 Å². The molecule has 2 saturated heterocycles. The third kappa shape index (κ3) is 4.89. The monoisotopic (exact) mass is 440 g/mol. The van der Waals surface area contributed by atoms with Crippen LogP contribution in [0.15, 0.2) is 11.6 Å². The topological polar surface area (TPSA) is 136 Å². The van der Waals surface area contributed by atoms with E-state index in [-0.39, 0.29) is 30.1 Å². The number of carbonyl (C=O) groups is 2. The molecule has 2 amide bonds. The van der Waals surface area contributed by atoms with Crippen LogP contribution in [-0.2, 0) is 23.7 Å². The summed E-state index contributed by atoms with van der Waals surface area (Å²) in [6, 6.07) is -0.804. The number of ether oxygens (including phenoxy) is 4. The lowest BCUT2D eigenvalue weighted by molar-refractivity contribution is -0.123. The maximum atomic E-state index is 12.5. The highest BCUT2D eigenvalue weighted by atomic mass is 16.6. The van der Waals surface area contributed by atoms with Gasteiger partial charge >= 0.3 is 6.09 Å². The molecule has 0 radical (unpaired) electrons. The highest BCUT2D eigenvalue weighted by Crippen LogP contribution is 2.59. The largest absolute Gasteiger partial charge is 0.443 e. The number of alkyl carbamates (subject to hydrolysis) is 1. The number of aliphatic hydroxyl groups excluding tert-OH is 1. The Morgan fingerprint density at radius 2 is 2.06 bits per heavy atom. The van der Waals surface area contributed by atoms with Gasteiger partial charge in [-0.25, -0.2) is 4.79 Å². The number of nitrogens with two attached hydrogens (primary N) is 1. The normalized spacial score (nSPS) is 38.1. The van der Waals surface area contributed by atoms with Crippen molar-refractivity contribution in [3.63, 3.8) is 0 Å². The summed E-state index contributed by atoms with van der Waals surface area (Å²) in [6.45, 7) is 8.18. The number of aliphatic hydroxyl groups is 1. The molecule has 0 aromatic heterocycles. The zero-order valence-corrected chi connectivity index (χ0v) is 19.1. The van der Waals surface area contributed by atoms with Crippen LogP contribution in [-0.4, -0.2) is 73.0 Å². The molecule has 0 aromatic rings. The molecule has 1 unspecified atom stereocenters. The molecule has 0 aromatic carbocycles. The number of hydrogen-bond acceptors (Lipinski definition) is 7. The summed E-state index contributed by atoms with van der Waals surface area (Å²) in [5, 5.41) is 11.8. The summed E-state index contributed by atoms with van der Waals surface area (Å²) in [4.78, 5) is 24.1. The molecule has 3 fully saturated rings. The van der Waals surface area contributed by atoms with Gasteiger partial charge in [-0.05, 0) is 39.0 Å². The summed E-state index contributed by atoms with van der Waals surface area (Å²) in [5.41, 5.74) is 5.48. The molecule has 3 aliphatic rings. The minimum absolute atomic E-state index is 0.0221. The van der Waals surface area contributed by atoms with Crippen LogP contribution >= 0.6 is 0 Å². The standard InChI is InChI=1S/C22H36N2O7/c1-12(2)16(19(23)26)24-20(27)30-14-8-9-22(11-29-22)18(17(14)28-5)21(4)15(31-21)7-6-13(3)10-25/h6,12,14-18,25H,7-11H2,1-5H3,(H2,23,26)(H,24,27)/b13-6+/t14-,15-,16-,17-,18?,21+,22+/m1/s1. The third-order valence-electron chi connectivity index (χ3n) is 6.93. The van der Waals surface area contributed by atoms with Crippen molar-refractivity contribution in [2.24, 2.45) is 17.6 Å². The minimum Gasteiger partial charge on any atom is -0.443 e. The van der Waals surface area contributed by atoms with Crippen molar-refractivity contribution in [1.82, 2.24) is 5.32 Å². The van der Waals surface area contributed by atoms with Crippen molar-refractivity contribution < 1.29 is 33.6 Å². The van der Waals surface area contributed by atoms with E-state index in [1.54, 1.807) is 21.0 Å². The van der Waals surface area contributed by atoms with Gasteiger partial charge in [-0.2, -0.15) is 0 Å². The van der Waals surface area contributed by atoms with Gasteiger partial charge in [-0.15, -0.1) is 0 Å². The number of epoxide rings is 2. The maximum Gasteiger partial charge on any atom is 0.408 e. The predicted octanol–water partition coefficient (Wildman–Crippen LogP) is 1.27. The average Bonchev–Trinajstić information content (AvgIpc) is 3.62. The zero-order chi connectivity index (χ0) is 23.0. The Bertz CT molecular complexity index is 721. The molecule has 7 atom stereocenters. The number of rotatable bonds is 9. The van der Waals surface area contributed by atoms with Gasteiger partial charge in [0.15, 0.2) is 0 Å². The van der Waals surface area contributed by atoms with E-state index in [9.17, 15) is 14.7 Å². The van der Waals surface area contributed by atoms with Crippen molar-refractivity contribution >= 4 is 12.0 Å². The minimum atomic E-state index is -0.804. The van der Waals surface area contributed by atoms with Gasteiger partial charge < -0.3 is 35.1 Å². The molecule has 1 spiro atoms. The highest BCUT2D eigenvalue weighted by molar-refractivity contribution is 5.84. The molecule has 3 rings (SSSR count). The van der Waals surface area contributed by atoms with Crippen molar-refractivity contribution in [3.05, 3.63) is 11.6 Å². The molecule has 1 saturated carbocycles. The zero-order valence-electron chi connectivity index (χ0n) is 19.1. The van der Waals surface area contributed by atoms with Gasteiger partial charge in [-0.3, -0.25) is 4.79 Å². The second-order valence-electron chi connectivity index (χ2n) is 9.52. The third-order valence-corrected chi connectivity index (χ3v) is 6.93. The highest BCUT2D eigenvalue weighted by Gasteiger charge is 2.72. The first-order chi connectivity index (χ1) is 14.6. The first-order valence-corrected chi connectivity index (χ1v) is 11.0. The fraction of sp³-hybridized carbons (Fsp3) is 0.818. The number of amides is 2. The lowest BCUT2D eigenvalue weighted by atomic mass is 9.68.